The Morgan fingerprint density at radius 2 is 1.20 bits per heavy atom. The third-order valence-corrected chi connectivity index (χ3v) is 10.1. The standard InChI is InChI=1S/C20H20ClNO2.C10H9ClO2.C10H13NO/c1-12(14-4-7-19-15(10-14)8-9-24-19)22-20(23)18-11-17(18)13-2-5-16(21)6-3-13;11-7-3-1-6(2-4-7)8-5-9(8)10(12)13;1-7(11)8-2-3-10-9(6-8)4-5-12-10/h2-7,10,12,17-18H,8-9,11H2,1H3,(H,22,23);1-4,8-9H,5H2,(H,12,13);2-3,6-7H,4-5,11H2,1H3. The maximum atomic E-state index is 12.5. The molecule has 49 heavy (non-hydrogen) atoms. The fourth-order valence-corrected chi connectivity index (χ4v) is 6.73. The van der Waals surface area contributed by atoms with E-state index < -0.39 is 5.97 Å². The lowest BCUT2D eigenvalue weighted by molar-refractivity contribution is -0.138. The number of halogens is 2. The van der Waals surface area contributed by atoms with Gasteiger partial charge < -0.3 is 25.6 Å². The van der Waals surface area contributed by atoms with Crippen molar-refractivity contribution in [3.05, 3.63) is 128 Å². The predicted molar refractivity (Wildman–Crippen MR) is 193 cm³/mol. The van der Waals surface area contributed by atoms with E-state index in [4.69, 9.17) is 43.5 Å². The molecule has 2 fully saturated rings. The second kappa shape index (κ2) is 15.2. The minimum Gasteiger partial charge on any atom is -0.493 e. The van der Waals surface area contributed by atoms with E-state index in [1.54, 1.807) is 12.1 Å². The van der Waals surface area contributed by atoms with Crippen LogP contribution >= 0.6 is 23.2 Å². The molecule has 0 saturated heterocycles. The third kappa shape index (κ3) is 8.77. The third-order valence-electron chi connectivity index (χ3n) is 9.64. The quantitative estimate of drug-likeness (QED) is 0.179. The first-order valence-electron chi connectivity index (χ1n) is 16.9. The number of carboxylic acid groups (broad SMARTS) is 1. The summed E-state index contributed by atoms with van der Waals surface area (Å²) in [6.07, 6.45) is 3.65. The molecule has 6 unspecified atom stereocenters. The normalized spacial score (nSPS) is 21.9. The molecular formula is C40H42Cl2N2O5. The van der Waals surface area contributed by atoms with Crippen LogP contribution in [0, 0.1) is 11.8 Å². The van der Waals surface area contributed by atoms with Crippen molar-refractivity contribution in [1.29, 1.82) is 0 Å². The Bertz CT molecular complexity index is 1790. The van der Waals surface area contributed by atoms with E-state index in [1.807, 2.05) is 74.5 Å². The van der Waals surface area contributed by atoms with Gasteiger partial charge in [0, 0.05) is 34.8 Å². The molecule has 9 heteroatoms. The second-order valence-corrected chi connectivity index (χ2v) is 14.2. The summed E-state index contributed by atoms with van der Waals surface area (Å²) in [4.78, 5) is 23.1. The number of nitrogens with one attached hydrogen (secondary N) is 1. The van der Waals surface area contributed by atoms with Gasteiger partial charge in [-0.25, -0.2) is 0 Å². The first-order chi connectivity index (χ1) is 23.6. The Morgan fingerprint density at radius 1 is 0.735 bits per heavy atom. The number of ether oxygens (including phenoxy) is 2. The lowest BCUT2D eigenvalue weighted by Gasteiger charge is -2.15. The van der Waals surface area contributed by atoms with Gasteiger partial charge in [0.25, 0.3) is 0 Å². The highest BCUT2D eigenvalue weighted by atomic mass is 35.5. The van der Waals surface area contributed by atoms with Gasteiger partial charge in [0.2, 0.25) is 5.91 Å². The fraction of sp³-hybridized carbons (Fsp3) is 0.350. The molecule has 8 rings (SSSR count). The molecule has 2 heterocycles. The number of carbonyl (C=O) groups is 2. The van der Waals surface area contributed by atoms with Crippen molar-refractivity contribution in [3.63, 3.8) is 0 Å². The van der Waals surface area contributed by atoms with Gasteiger partial charge >= 0.3 is 5.97 Å². The summed E-state index contributed by atoms with van der Waals surface area (Å²) >= 11 is 11.6. The highest BCUT2D eigenvalue weighted by molar-refractivity contribution is 6.30. The Morgan fingerprint density at radius 3 is 1.69 bits per heavy atom. The van der Waals surface area contributed by atoms with Gasteiger partial charge in [-0.3, -0.25) is 9.59 Å². The minimum atomic E-state index is -0.694. The van der Waals surface area contributed by atoms with Crippen LogP contribution < -0.4 is 20.5 Å². The summed E-state index contributed by atoms with van der Waals surface area (Å²) in [6.45, 7) is 5.61. The summed E-state index contributed by atoms with van der Waals surface area (Å²) in [5.41, 5.74) is 12.9. The number of rotatable bonds is 7. The van der Waals surface area contributed by atoms with E-state index in [9.17, 15) is 9.59 Å². The topological polar surface area (TPSA) is 111 Å². The van der Waals surface area contributed by atoms with Crippen molar-refractivity contribution in [3.8, 4) is 11.5 Å². The van der Waals surface area contributed by atoms with Crippen LogP contribution in [0.25, 0.3) is 0 Å². The zero-order valence-corrected chi connectivity index (χ0v) is 29.2. The van der Waals surface area contributed by atoms with Crippen LogP contribution in [0.2, 0.25) is 10.0 Å². The molecule has 7 nitrogen and oxygen atoms in total. The summed E-state index contributed by atoms with van der Waals surface area (Å²) in [6, 6.07) is 27.7. The van der Waals surface area contributed by atoms with Crippen LogP contribution in [0.1, 0.15) is 84.0 Å². The Balaban J connectivity index is 0.000000140. The number of carboxylic acids is 1. The van der Waals surface area contributed by atoms with Crippen LogP contribution in [0.5, 0.6) is 11.5 Å². The number of nitrogens with two attached hydrogens (primary N) is 1. The molecule has 1 amide bonds. The number of amides is 1. The van der Waals surface area contributed by atoms with E-state index in [0.717, 1.165) is 66.5 Å². The molecule has 4 aromatic carbocycles. The maximum Gasteiger partial charge on any atom is 0.307 e. The molecule has 6 atom stereocenters. The van der Waals surface area contributed by atoms with E-state index in [2.05, 4.69) is 17.4 Å². The summed E-state index contributed by atoms with van der Waals surface area (Å²) < 4.78 is 10.9. The van der Waals surface area contributed by atoms with Crippen LogP contribution in [-0.2, 0) is 22.4 Å². The Hall–Kier alpha value is -4.04. The van der Waals surface area contributed by atoms with Crippen molar-refractivity contribution in [1.82, 2.24) is 5.32 Å². The number of hydrogen-bond acceptors (Lipinski definition) is 5. The smallest absolute Gasteiger partial charge is 0.307 e. The first-order valence-corrected chi connectivity index (χ1v) is 17.6. The lowest BCUT2D eigenvalue weighted by Crippen LogP contribution is -2.28. The molecule has 2 saturated carbocycles. The van der Waals surface area contributed by atoms with Crippen LogP contribution in [0.4, 0.5) is 0 Å². The monoisotopic (exact) mass is 700 g/mol. The van der Waals surface area contributed by atoms with Crippen molar-refractivity contribution >= 4 is 35.1 Å². The van der Waals surface area contributed by atoms with Gasteiger partial charge in [-0.15, -0.1) is 0 Å². The SMILES string of the molecule is CC(N)c1ccc2c(c1)CCO2.CC(NC(=O)C1CC1c1ccc(Cl)cc1)c1ccc2c(c1)CCO2.O=C(O)C1CC1c1ccc(Cl)cc1. The Labute approximate surface area is 297 Å². The second-order valence-electron chi connectivity index (χ2n) is 13.3. The number of aliphatic carboxylic acids is 1. The molecule has 0 radical (unpaired) electrons. The van der Waals surface area contributed by atoms with Crippen LogP contribution in [0.3, 0.4) is 0 Å². The van der Waals surface area contributed by atoms with Crippen molar-refractivity contribution in [2.24, 2.45) is 17.6 Å². The average Bonchev–Trinajstić information content (AvgIpc) is 3.97. The van der Waals surface area contributed by atoms with Gasteiger partial charge in [0.15, 0.2) is 0 Å². The summed E-state index contributed by atoms with van der Waals surface area (Å²) in [5.74, 6) is 1.87. The zero-order valence-electron chi connectivity index (χ0n) is 27.7. The van der Waals surface area contributed by atoms with Gasteiger partial charge in [-0.2, -0.15) is 0 Å². The van der Waals surface area contributed by atoms with Crippen molar-refractivity contribution in [2.75, 3.05) is 13.2 Å². The average molecular weight is 702 g/mol. The molecule has 256 valence electrons. The van der Waals surface area contributed by atoms with Gasteiger partial charge in [-0.1, -0.05) is 65.7 Å². The highest BCUT2D eigenvalue weighted by Crippen LogP contribution is 2.48. The number of hydrogen-bond donors (Lipinski definition) is 3. The van der Waals surface area contributed by atoms with Crippen molar-refractivity contribution < 1.29 is 24.2 Å². The lowest BCUT2D eigenvalue weighted by atomic mass is 10.0. The minimum absolute atomic E-state index is 0.00914. The number of fused-ring (bicyclic) bond motifs is 2. The van der Waals surface area contributed by atoms with E-state index in [0.29, 0.717) is 10.9 Å². The molecular weight excluding hydrogens is 659 g/mol. The maximum absolute atomic E-state index is 12.5. The van der Waals surface area contributed by atoms with Gasteiger partial charge in [0.1, 0.15) is 11.5 Å². The van der Waals surface area contributed by atoms with Gasteiger partial charge in [0.05, 0.1) is 25.2 Å². The summed E-state index contributed by atoms with van der Waals surface area (Å²) in [7, 11) is 0. The first kappa shape index (κ1) is 34.8. The number of carbonyl (C=O) groups excluding carboxylic acids is 1. The highest BCUT2D eigenvalue weighted by Gasteiger charge is 2.44. The molecule has 4 N–H and O–H groups in total. The predicted octanol–water partition coefficient (Wildman–Crippen LogP) is 8.43. The van der Waals surface area contributed by atoms with Gasteiger partial charge in [-0.05, 0) is 114 Å². The van der Waals surface area contributed by atoms with Crippen LogP contribution in [-0.4, -0.2) is 30.2 Å². The number of benzene rings is 4. The fourth-order valence-electron chi connectivity index (χ4n) is 6.48. The Kier molecular flexibility index (Phi) is 10.8. The molecule has 4 aliphatic rings. The van der Waals surface area contributed by atoms with E-state index in [-0.39, 0.29) is 35.7 Å². The van der Waals surface area contributed by atoms with Crippen LogP contribution in [0.15, 0.2) is 84.9 Å². The molecule has 2 aliphatic carbocycles. The zero-order chi connectivity index (χ0) is 34.7. The molecule has 0 aromatic heterocycles. The van der Waals surface area contributed by atoms with E-state index in [1.165, 1.54) is 22.3 Å². The molecule has 4 aromatic rings. The van der Waals surface area contributed by atoms with E-state index >= 15 is 0 Å². The summed E-state index contributed by atoms with van der Waals surface area (Å²) in [5, 5.41) is 13.3. The van der Waals surface area contributed by atoms with Crippen molar-refractivity contribution in [2.45, 2.75) is 63.5 Å². The molecule has 0 bridgehead atoms. The molecule has 2 aliphatic heterocycles. The molecule has 0 spiro atoms. The largest absolute Gasteiger partial charge is 0.493 e.